The predicted octanol–water partition coefficient (Wildman–Crippen LogP) is 0.306. The van der Waals surface area contributed by atoms with Crippen molar-refractivity contribution in [2.45, 2.75) is 30.8 Å². The highest BCUT2D eigenvalue weighted by Gasteiger charge is 2.37. The predicted molar refractivity (Wildman–Crippen MR) is 76.7 cm³/mol. The molecule has 0 aromatic heterocycles. The van der Waals surface area contributed by atoms with E-state index in [4.69, 9.17) is 10.5 Å². The normalized spacial score (nSPS) is 18.7. The van der Waals surface area contributed by atoms with Gasteiger partial charge >= 0.3 is 5.97 Å². The lowest BCUT2D eigenvalue weighted by Crippen LogP contribution is -2.60. The quantitative estimate of drug-likeness (QED) is 0.725. The molecular formula is C15H20N2O4. The first-order valence-corrected chi connectivity index (χ1v) is 6.95. The minimum atomic E-state index is -1.07. The van der Waals surface area contributed by atoms with Crippen molar-refractivity contribution < 1.29 is 19.4 Å². The Kier molecular flexibility index (Phi) is 4.93. The SMILES string of the molecule is NC1(C(=O)N[C@@H](Cc2ccccc2)C(=O)O)CCOCC1. The first-order chi connectivity index (χ1) is 10.0. The molecule has 1 aliphatic heterocycles. The van der Waals surface area contributed by atoms with Gasteiger partial charge in [-0.15, -0.1) is 0 Å². The van der Waals surface area contributed by atoms with Crippen LogP contribution in [0.25, 0.3) is 0 Å². The number of benzene rings is 1. The van der Waals surface area contributed by atoms with E-state index in [1.165, 1.54) is 0 Å². The summed E-state index contributed by atoms with van der Waals surface area (Å²) in [6, 6.07) is 8.19. The Labute approximate surface area is 123 Å². The molecule has 2 rings (SSSR count). The molecule has 1 atom stereocenters. The molecule has 0 bridgehead atoms. The van der Waals surface area contributed by atoms with Crippen molar-refractivity contribution in [2.75, 3.05) is 13.2 Å². The molecule has 1 saturated heterocycles. The van der Waals surface area contributed by atoms with Crippen LogP contribution in [0.1, 0.15) is 18.4 Å². The Bertz CT molecular complexity index is 498. The van der Waals surface area contributed by atoms with Gasteiger partial charge in [-0.1, -0.05) is 30.3 Å². The van der Waals surface area contributed by atoms with Crippen LogP contribution < -0.4 is 11.1 Å². The number of amides is 1. The van der Waals surface area contributed by atoms with Crippen LogP contribution in [0.2, 0.25) is 0 Å². The fourth-order valence-corrected chi connectivity index (χ4v) is 2.31. The van der Waals surface area contributed by atoms with E-state index >= 15 is 0 Å². The highest BCUT2D eigenvalue weighted by Crippen LogP contribution is 2.18. The number of nitrogens with one attached hydrogen (secondary N) is 1. The van der Waals surface area contributed by atoms with Crippen LogP contribution in [-0.2, 0) is 20.7 Å². The molecule has 0 saturated carbocycles. The number of nitrogens with two attached hydrogens (primary N) is 1. The maximum atomic E-state index is 12.3. The smallest absolute Gasteiger partial charge is 0.326 e. The number of rotatable bonds is 5. The summed E-state index contributed by atoms with van der Waals surface area (Å²) in [5.74, 6) is -1.49. The molecule has 0 radical (unpaired) electrons. The molecule has 21 heavy (non-hydrogen) atoms. The Morgan fingerprint density at radius 1 is 1.29 bits per heavy atom. The van der Waals surface area contributed by atoms with Gasteiger partial charge in [-0.2, -0.15) is 0 Å². The van der Waals surface area contributed by atoms with E-state index in [2.05, 4.69) is 5.32 Å². The minimum Gasteiger partial charge on any atom is -0.480 e. The largest absolute Gasteiger partial charge is 0.480 e. The third-order valence-electron chi connectivity index (χ3n) is 3.72. The average Bonchev–Trinajstić information content (AvgIpc) is 2.48. The molecule has 1 aliphatic rings. The van der Waals surface area contributed by atoms with Crippen molar-refractivity contribution in [1.82, 2.24) is 5.32 Å². The molecular weight excluding hydrogens is 272 g/mol. The summed E-state index contributed by atoms with van der Waals surface area (Å²) < 4.78 is 5.19. The van der Waals surface area contributed by atoms with Gasteiger partial charge in [-0.3, -0.25) is 4.79 Å². The number of carbonyl (C=O) groups is 2. The molecule has 4 N–H and O–H groups in total. The Balaban J connectivity index is 2.02. The second-order valence-corrected chi connectivity index (χ2v) is 5.32. The highest BCUT2D eigenvalue weighted by atomic mass is 16.5. The standard InChI is InChI=1S/C15H20N2O4/c16-15(6-8-21-9-7-15)14(20)17-12(13(18)19)10-11-4-2-1-3-5-11/h1-5,12H,6-10,16H2,(H,17,20)(H,18,19)/t12-/m0/s1. The van der Waals surface area contributed by atoms with Gasteiger partial charge in [0.25, 0.3) is 0 Å². The van der Waals surface area contributed by atoms with Crippen molar-refractivity contribution in [3.05, 3.63) is 35.9 Å². The molecule has 0 aliphatic carbocycles. The van der Waals surface area contributed by atoms with Crippen LogP contribution in [0, 0.1) is 0 Å². The summed E-state index contributed by atoms with van der Waals surface area (Å²) in [7, 11) is 0. The van der Waals surface area contributed by atoms with E-state index < -0.39 is 23.5 Å². The Morgan fingerprint density at radius 3 is 2.48 bits per heavy atom. The number of carbonyl (C=O) groups excluding carboxylic acids is 1. The lowest BCUT2D eigenvalue weighted by molar-refractivity contribution is -0.143. The molecule has 6 nitrogen and oxygen atoms in total. The first kappa shape index (κ1) is 15.5. The number of hydrogen-bond acceptors (Lipinski definition) is 4. The molecule has 1 amide bonds. The van der Waals surface area contributed by atoms with E-state index in [0.717, 1.165) is 5.56 Å². The van der Waals surface area contributed by atoms with Crippen LogP contribution in [0.5, 0.6) is 0 Å². The van der Waals surface area contributed by atoms with Gasteiger partial charge in [-0.05, 0) is 18.4 Å². The van der Waals surface area contributed by atoms with E-state index in [1.54, 1.807) is 0 Å². The molecule has 1 aromatic rings. The number of hydrogen-bond donors (Lipinski definition) is 3. The summed E-state index contributed by atoms with van der Waals surface area (Å²) in [4.78, 5) is 23.6. The third-order valence-corrected chi connectivity index (χ3v) is 3.72. The van der Waals surface area contributed by atoms with E-state index in [9.17, 15) is 14.7 Å². The summed E-state index contributed by atoms with van der Waals surface area (Å²) in [5, 5.41) is 11.8. The van der Waals surface area contributed by atoms with E-state index in [-0.39, 0.29) is 6.42 Å². The topological polar surface area (TPSA) is 102 Å². The van der Waals surface area contributed by atoms with Gasteiger partial charge in [0.1, 0.15) is 6.04 Å². The van der Waals surface area contributed by atoms with Crippen molar-refractivity contribution in [1.29, 1.82) is 0 Å². The Hall–Kier alpha value is -1.92. The van der Waals surface area contributed by atoms with E-state index in [0.29, 0.717) is 26.1 Å². The summed E-state index contributed by atoms with van der Waals surface area (Å²) in [6.45, 7) is 0.834. The van der Waals surface area contributed by atoms with Gasteiger partial charge in [0.2, 0.25) is 5.91 Å². The fourth-order valence-electron chi connectivity index (χ4n) is 2.31. The first-order valence-electron chi connectivity index (χ1n) is 6.95. The lowest BCUT2D eigenvalue weighted by atomic mass is 9.90. The van der Waals surface area contributed by atoms with Crippen LogP contribution in [-0.4, -0.2) is 41.8 Å². The monoisotopic (exact) mass is 292 g/mol. The molecule has 1 aromatic carbocycles. The molecule has 1 heterocycles. The number of carboxylic acids is 1. The van der Waals surface area contributed by atoms with Gasteiger partial charge in [-0.25, -0.2) is 4.79 Å². The maximum absolute atomic E-state index is 12.3. The minimum absolute atomic E-state index is 0.231. The molecule has 0 spiro atoms. The van der Waals surface area contributed by atoms with Gasteiger partial charge in [0.15, 0.2) is 0 Å². The van der Waals surface area contributed by atoms with Crippen LogP contribution in [0.15, 0.2) is 30.3 Å². The zero-order valence-corrected chi connectivity index (χ0v) is 11.7. The molecule has 0 unspecified atom stereocenters. The molecule has 114 valence electrons. The maximum Gasteiger partial charge on any atom is 0.326 e. The Morgan fingerprint density at radius 2 is 1.90 bits per heavy atom. The third kappa shape index (κ3) is 4.03. The second kappa shape index (κ2) is 6.69. The molecule has 1 fully saturated rings. The van der Waals surface area contributed by atoms with Crippen molar-refractivity contribution in [2.24, 2.45) is 5.73 Å². The van der Waals surface area contributed by atoms with Crippen LogP contribution >= 0.6 is 0 Å². The summed E-state index contributed by atoms with van der Waals surface area (Å²) >= 11 is 0. The van der Waals surface area contributed by atoms with Crippen molar-refractivity contribution in [3.63, 3.8) is 0 Å². The molecule has 6 heteroatoms. The fraction of sp³-hybridized carbons (Fsp3) is 0.467. The van der Waals surface area contributed by atoms with Crippen molar-refractivity contribution >= 4 is 11.9 Å². The number of carboxylic acid groups (broad SMARTS) is 1. The lowest BCUT2D eigenvalue weighted by Gasteiger charge is -2.32. The zero-order chi connectivity index (χ0) is 15.3. The average molecular weight is 292 g/mol. The zero-order valence-electron chi connectivity index (χ0n) is 11.7. The second-order valence-electron chi connectivity index (χ2n) is 5.32. The summed E-state index contributed by atoms with van der Waals surface area (Å²) in [6.07, 6.45) is 1.03. The summed E-state index contributed by atoms with van der Waals surface area (Å²) in [5.41, 5.74) is 5.87. The van der Waals surface area contributed by atoms with Gasteiger partial charge in [0.05, 0.1) is 5.54 Å². The van der Waals surface area contributed by atoms with Crippen LogP contribution in [0.3, 0.4) is 0 Å². The van der Waals surface area contributed by atoms with Gasteiger partial charge in [0, 0.05) is 19.6 Å². The van der Waals surface area contributed by atoms with E-state index in [1.807, 2.05) is 30.3 Å². The number of aliphatic carboxylic acids is 1. The van der Waals surface area contributed by atoms with Crippen molar-refractivity contribution in [3.8, 4) is 0 Å². The highest BCUT2D eigenvalue weighted by molar-refractivity contribution is 5.90. The number of ether oxygens (including phenoxy) is 1. The van der Waals surface area contributed by atoms with Crippen LogP contribution in [0.4, 0.5) is 0 Å². The van der Waals surface area contributed by atoms with Gasteiger partial charge < -0.3 is 20.9 Å².